The lowest BCUT2D eigenvalue weighted by Gasteiger charge is -2.34. The van der Waals surface area contributed by atoms with Gasteiger partial charge in [-0.1, -0.05) is 6.07 Å². The third-order valence-corrected chi connectivity index (χ3v) is 5.19. The summed E-state index contributed by atoms with van der Waals surface area (Å²) < 4.78 is 30.0. The number of nitrogens with zero attached hydrogens (tertiary/aromatic N) is 3. The summed E-state index contributed by atoms with van der Waals surface area (Å²) in [4.78, 5) is 38.0. The smallest absolute Gasteiger partial charge is 0.337 e. The summed E-state index contributed by atoms with van der Waals surface area (Å²) >= 11 is 0. The molecule has 2 amide bonds. The van der Waals surface area contributed by atoms with Gasteiger partial charge in [0, 0.05) is 26.2 Å². The Morgan fingerprint density at radius 1 is 1.23 bits per heavy atom. The Bertz CT molecular complexity index is 787. The molecule has 26 heavy (non-hydrogen) atoms. The van der Waals surface area contributed by atoms with Gasteiger partial charge in [0.1, 0.15) is 6.54 Å². The first-order chi connectivity index (χ1) is 12.3. The zero-order chi connectivity index (χ0) is 19.3. The summed E-state index contributed by atoms with van der Waals surface area (Å²) in [5.41, 5.74) is 0.390. The van der Waals surface area contributed by atoms with Crippen molar-refractivity contribution in [1.82, 2.24) is 9.80 Å². The average Bonchev–Trinajstić information content (AvgIpc) is 2.64. The minimum Gasteiger partial charge on any atom is -0.465 e. The maximum atomic E-state index is 12.5. The molecule has 142 valence electrons. The largest absolute Gasteiger partial charge is 0.465 e. The highest BCUT2D eigenvalue weighted by molar-refractivity contribution is 7.92. The van der Waals surface area contributed by atoms with Gasteiger partial charge in [-0.05, 0) is 18.2 Å². The molecule has 9 nitrogen and oxygen atoms in total. The van der Waals surface area contributed by atoms with E-state index in [1.165, 1.54) is 36.3 Å². The maximum Gasteiger partial charge on any atom is 0.337 e. The maximum absolute atomic E-state index is 12.5. The molecule has 0 spiro atoms. The molecule has 1 aliphatic heterocycles. The minimum absolute atomic E-state index is 0.186. The van der Waals surface area contributed by atoms with Gasteiger partial charge >= 0.3 is 5.97 Å². The third kappa shape index (κ3) is 4.72. The van der Waals surface area contributed by atoms with E-state index in [4.69, 9.17) is 0 Å². The third-order valence-electron chi connectivity index (χ3n) is 4.05. The number of sulfonamides is 1. The minimum atomic E-state index is -3.75. The van der Waals surface area contributed by atoms with Crippen molar-refractivity contribution >= 4 is 34.0 Å². The second kappa shape index (κ2) is 8.17. The molecule has 1 aromatic carbocycles. The number of hydrogen-bond donors (Lipinski definition) is 0. The number of amides is 2. The van der Waals surface area contributed by atoms with Crippen LogP contribution in [0.25, 0.3) is 0 Å². The van der Waals surface area contributed by atoms with Crippen LogP contribution in [0.3, 0.4) is 0 Å². The first-order valence-corrected chi connectivity index (χ1v) is 9.74. The van der Waals surface area contributed by atoms with E-state index in [1.807, 2.05) is 0 Å². The SMILES string of the molecule is COC(=O)c1cccc(N(CC(=O)N2CCN(C=O)CC2)S(C)(=O)=O)c1. The second-order valence-corrected chi connectivity index (χ2v) is 7.74. The molecule has 2 rings (SSSR count). The fourth-order valence-corrected chi connectivity index (χ4v) is 3.45. The van der Waals surface area contributed by atoms with Crippen molar-refractivity contribution in [2.24, 2.45) is 0 Å². The second-order valence-electron chi connectivity index (χ2n) is 5.83. The van der Waals surface area contributed by atoms with Gasteiger partial charge in [0.05, 0.1) is 24.6 Å². The highest BCUT2D eigenvalue weighted by atomic mass is 32.2. The number of anilines is 1. The van der Waals surface area contributed by atoms with Gasteiger partial charge in [0.2, 0.25) is 22.3 Å². The van der Waals surface area contributed by atoms with Crippen molar-refractivity contribution in [3.05, 3.63) is 29.8 Å². The zero-order valence-electron chi connectivity index (χ0n) is 14.6. The van der Waals surface area contributed by atoms with Crippen molar-refractivity contribution in [2.75, 3.05) is 50.4 Å². The summed E-state index contributed by atoms with van der Waals surface area (Å²) in [5.74, 6) is -0.971. The van der Waals surface area contributed by atoms with Crippen LogP contribution in [-0.4, -0.2) is 82.6 Å². The van der Waals surface area contributed by atoms with E-state index >= 15 is 0 Å². The van der Waals surface area contributed by atoms with E-state index in [2.05, 4.69) is 4.74 Å². The fourth-order valence-electron chi connectivity index (χ4n) is 2.61. The summed E-state index contributed by atoms with van der Waals surface area (Å²) in [6.07, 6.45) is 1.72. The van der Waals surface area contributed by atoms with Crippen molar-refractivity contribution in [1.29, 1.82) is 0 Å². The zero-order valence-corrected chi connectivity index (χ0v) is 15.4. The first-order valence-electron chi connectivity index (χ1n) is 7.89. The van der Waals surface area contributed by atoms with Gasteiger partial charge < -0.3 is 14.5 Å². The molecule has 0 aliphatic carbocycles. The quantitative estimate of drug-likeness (QED) is 0.486. The Labute approximate surface area is 152 Å². The number of hydrogen-bond acceptors (Lipinski definition) is 6. The van der Waals surface area contributed by atoms with E-state index in [0.29, 0.717) is 26.2 Å². The molecule has 1 heterocycles. The molecule has 1 saturated heterocycles. The van der Waals surface area contributed by atoms with E-state index in [0.717, 1.165) is 17.0 Å². The van der Waals surface area contributed by atoms with Crippen LogP contribution in [0.15, 0.2) is 24.3 Å². The van der Waals surface area contributed by atoms with Crippen LogP contribution in [0.2, 0.25) is 0 Å². The number of carbonyl (C=O) groups is 3. The normalized spacial score (nSPS) is 14.7. The van der Waals surface area contributed by atoms with Crippen molar-refractivity contribution in [3.8, 4) is 0 Å². The predicted octanol–water partition coefficient (Wildman–Crippen LogP) is -0.460. The van der Waals surface area contributed by atoms with Crippen LogP contribution in [-0.2, 0) is 24.3 Å². The van der Waals surface area contributed by atoms with Crippen LogP contribution in [0.5, 0.6) is 0 Å². The summed E-state index contributed by atoms with van der Waals surface area (Å²) in [7, 11) is -2.52. The predicted molar refractivity (Wildman–Crippen MR) is 94.2 cm³/mol. The van der Waals surface area contributed by atoms with E-state index < -0.39 is 16.0 Å². The summed E-state index contributed by atoms with van der Waals surface area (Å²) in [6, 6.07) is 5.89. The number of methoxy groups -OCH3 is 1. The lowest BCUT2D eigenvalue weighted by Crippen LogP contribution is -2.51. The van der Waals surface area contributed by atoms with Gasteiger partial charge in [-0.15, -0.1) is 0 Å². The number of esters is 1. The lowest BCUT2D eigenvalue weighted by molar-refractivity contribution is -0.133. The molecule has 0 saturated carbocycles. The number of piperazine rings is 1. The Kier molecular flexibility index (Phi) is 6.19. The van der Waals surface area contributed by atoms with Crippen molar-refractivity contribution in [3.63, 3.8) is 0 Å². The molecular formula is C16H21N3O6S. The first kappa shape index (κ1) is 19.7. The van der Waals surface area contributed by atoms with E-state index in [-0.39, 0.29) is 23.7 Å². The number of rotatable bonds is 6. The molecular weight excluding hydrogens is 362 g/mol. The average molecular weight is 383 g/mol. The molecule has 1 fully saturated rings. The van der Waals surface area contributed by atoms with Gasteiger partial charge in [-0.2, -0.15) is 0 Å². The lowest BCUT2D eigenvalue weighted by atomic mass is 10.2. The van der Waals surface area contributed by atoms with Crippen LogP contribution in [0.1, 0.15) is 10.4 Å². The number of ether oxygens (including phenoxy) is 1. The Balaban J connectivity index is 2.20. The monoisotopic (exact) mass is 383 g/mol. The molecule has 0 N–H and O–H groups in total. The van der Waals surface area contributed by atoms with Crippen molar-refractivity contribution < 1.29 is 27.5 Å². The van der Waals surface area contributed by atoms with Gasteiger partial charge in [-0.3, -0.25) is 13.9 Å². The van der Waals surface area contributed by atoms with Gasteiger partial charge in [0.25, 0.3) is 0 Å². The van der Waals surface area contributed by atoms with Gasteiger partial charge in [-0.25, -0.2) is 13.2 Å². The molecule has 0 unspecified atom stereocenters. The Hall–Kier alpha value is -2.62. The van der Waals surface area contributed by atoms with Crippen LogP contribution in [0, 0.1) is 0 Å². The highest BCUT2D eigenvalue weighted by Gasteiger charge is 2.26. The summed E-state index contributed by atoms with van der Waals surface area (Å²) in [6.45, 7) is 1.12. The molecule has 0 aromatic heterocycles. The standard InChI is InChI=1S/C16H21N3O6S/c1-25-16(22)13-4-3-5-14(10-13)19(26(2,23)24)11-15(21)18-8-6-17(12-20)7-9-18/h3-5,10,12H,6-9,11H2,1-2H3. The van der Waals surface area contributed by atoms with E-state index in [1.54, 1.807) is 4.90 Å². The van der Waals surface area contributed by atoms with Crippen LogP contribution in [0.4, 0.5) is 5.69 Å². The van der Waals surface area contributed by atoms with Gasteiger partial charge in [0.15, 0.2) is 0 Å². The van der Waals surface area contributed by atoms with E-state index in [9.17, 15) is 22.8 Å². The van der Waals surface area contributed by atoms with Crippen LogP contribution < -0.4 is 4.31 Å². The molecule has 0 atom stereocenters. The Morgan fingerprint density at radius 3 is 2.42 bits per heavy atom. The number of benzene rings is 1. The molecule has 1 aromatic rings. The highest BCUT2D eigenvalue weighted by Crippen LogP contribution is 2.20. The molecule has 0 radical (unpaired) electrons. The Morgan fingerprint density at radius 2 is 1.88 bits per heavy atom. The fraction of sp³-hybridized carbons (Fsp3) is 0.438. The van der Waals surface area contributed by atoms with Crippen LogP contribution >= 0.6 is 0 Å². The molecule has 10 heteroatoms. The topological polar surface area (TPSA) is 104 Å². The molecule has 1 aliphatic rings. The molecule has 0 bridgehead atoms. The van der Waals surface area contributed by atoms with Crippen molar-refractivity contribution in [2.45, 2.75) is 0 Å². The number of carbonyl (C=O) groups excluding carboxylic acids is 3. The summed E-state index contributed by atoms with van der Waals surface area (Å²) in [5, 5.41) is 0.